The van der Waals surface area contributed by atoms with Crippen molar-refractivity contribution in [1.82, 2.24) is 19.5 Å². The zero-order valence-electron chi connectivity index (χ0n) is 16.0. The van der Waals surface area contributed by atoms with Crippen molar-refractivity contribution in [1.29, 1.82) is 0 Å². The number of Topliss-reactive ketones (excluding diaryl/α,β-unsaturated/α-hetero) is 1. The fourth-order valence-corrected chi connectivity index (χ4v) is 3.97. The molecule has 0 fully saturated rings. The number of carbonyl (C=O) groups excluding carboxylic acids is 1. The average molecular weight is 453 g/mol. The van der Waals surface area contributed by atoms with E-state index >= 15 is 0 Å². The maximum absolute atomic E-state index is 12.8. The highest BCUT2D eigenvalue weighted by atomic mass is 35.5. The fourth-order valence-electron chi connectivity index (χ4n) is 2.99. The molecule has 0 aliphatic rings. The highest BCUT2D eigenvalue weighted by Gasteiger charge is 2.25. The Hall–Kier alpha value is -2.29. The summed E-state index contributed by atoms with van der Waals surface area (Å²) < 4.78 is 25.0. The lowest BCUT2D eigenvalue weighted by Gasteiger charge is -2.13. The number of aryl methyl sites for hydroxylation is 2. The van der Waals surface area contributed by atoms with Gasteiger partial charge in [0.25, 0.3) is 0 Å². The highest BCUT2D eigenvalue weighted by molar-refractivity contribution is 7.91. The summed E-state index contributed by atoms with van der Waals surface area (Å²) in [6.07, 6.45) is 4.16. The Labute approximate surface area is 178 Å². The minimum absolute atomic E-state index is 0.163. The number of hydrogen-bond acceptors (Lipinski definition) is 6. The van der Waals surface area contributed by atoms with Crippen LogP contribution in [0.15, 0.2) is 30.6 Å². The molecular weight excluding hydrogens is 435 g/mol. The Bertz CT molecular complexity index is 1210. The van der Waals surface area contributed by atoms with E-state index in [2.05, 4.69) is 15.0 Å². The van der Waals surface area contributed by atoms with Crippen LogP contribution < -0.4 is 0 Å². The predicted molar refractivity (Wildman–Crippen MR) is 112 cm³/mol. The molecule has 0 spiro atoms. The molecule has 3 aromatic rings. The third-order valence-electron chi connectivity index (χ3n) is 4.12. The van der Waals surface area contributed by atoms with E-state index in [4.69, 9.17) is 23.2 Å². The Balaban J connectivity index is 2.21. The van der Waals surface area contributed by atoms with Crippen LogP contribution >= 0.6 is 23.2 Å². The summed E-state index contributed by atoms with van der Waals surface area (Å²) in [6, 6.07) is 5.01. The number of aromatic nitrogens is 4. The van der Waals surface area contributed by atoms with E-state index in [-0.39, 0.29) is 12.2 Å². The number of sulfone groups is 1. The van der Waals surface area contributed by atoms with E-state index in [1.54, 1.807) is 42.8 Å². The molecule has 0 saturated heterocycles. The van der Waals surface area contributed by atoms with Crippen molar-refractivity contribution < 1.29 is 13.2 Å². The van der Waals surface area contributed by atoms with Gasteiger partial charge in [-0.15, -0.1) is 0 Å². The minimum atomic E-state index is -3.52. The van der Waals surface area contributed by atoms with Gasteiger partial charge in [-0.25, -0.2) is 18.4 Å². The summed E-state index contributed by atoms with van der Waals surface area (Å²) >= 11 is 12.4. The van der Waals surface area contributed by atoms with Gasteiger partial charge in [0, 0.05) is 22.5 Å². The first-order valence-corrected chi connectivity index (χ1v) is 11.4. The molecule has 0 saturated carbocycles. The molecule has 3 rings (SSSR count). The van der Waals surface area contributed by atoms with Crippen LogP contribution in [-0.2, 0) is 16.4 Å². The van der Waals surface area contributed by atoms with E-state index in [1.165, 1.54) is 6.20 Å². The maximum Gasteiger partial charge on any atom is 0.196 e. The molecule has 0 bridgehead atoms. The number of imidazole rings is 1. The molecule has 2 heterocycles. The number of nitrogens with zero attached hydrogens (tertiary/aromatic N) is 4. The molecule has 0 amide bonds. The Morgan fingerprint density at radius 2 is 1.86 bits per heavy atom. The molecule has 0 unspecified atom stereocenters. The maximum atomic E-state index is 12.8. The number of ketones is 1. The molecule has 0 aliphatic heterocycles. The van der Waals surface area contributed by atoms with Crippen molar-refractivity contribution in [2.45, 2.75) is 20.4 Å². The first-order chi connectivity index (χ1) is 13.5. The molecule has 152 valence electrons. The van der Waals surface area contributed by atoms with Gasteiger partial charge >= 0.3 is 0 Å². The Morgan fingerprint density at radius 1 is 1.14 bits per heavy atom. The van der Waals surface area contributed by atoms with Crippen molar-refractivity contribution >= 4 is 38.8 Å². The predicted octanol–water partition coefficient (Wildman–Crippen LogP) is 3.54. The van der Waals surface area contributed by atoms with E-state index in [9.17, 15) is 13.2 Å². The summed E-state index contributed by atoms with van der Waals surface area (Å²) in [5.41, 5.74) is 2.39. The van der Waals surface area contributed by atoms with Gasteiger partial charge < -0.3 is 4.57 Å². The summed E-state index contributed by atoms with van der Waals surface area (Å²) in [7, 11) is -3.52. The molecule has 0 N–H and O–H groups in total. The van der Waals surface area contributed by atoms with Gasteiger partial charge in [0.1, 0.15) is 17.1 Å². The van der Waals surface area contributed by atoms with E-state index in [0.717, 1.165) is 6.26 Å². The van der Waals surface area contributed by atoms with Crippen LogP contribution in [0.3, 0.4) is 0 Å². The normalized spacial score (nSPS) is 11.6. The zero-order valence-corrected chi connectivity index (χ0v) is 18.3. The van der Waals surface area contributed by atoms with Gasteiger partial charge in [-0.2, -0.15) is 0 Å². The molecule has 2 aromatic heterocycles. The van der Waals surface area contributed by atoms with Crippen LogP contribution in [0.4, 0.5) is 0 Å². The zero-order chi connectivity index (χ0) is 21.3. The third kappa shape index (κ3) is 5.01. The molecule has 29 heavy (non-hydrogen) atoms. The van der Waals surface area contributed by atoms with Crippen LogP contribution in [0.25, 0.3) is 11.5 Å². The number of hydrogen-bond donors (Lipinski definition) is 0. The highest BCUT2D eigenvalue weighted by Crippen LogP contribution is 2.27. The van der Waals surface area contributed by atoms with Gasteiger partial charge in [0.05, 0.1) is 24.1 Å². The van der Waals surface area contributed by atoms with E-state index in [1.807, 2.05) is 0 Å². The van der Waals surface area contributed by atoms with Crippen molar-refractivity contribution in [3.63, 3.8) is 0 Å². The summed E-state index contributed by atoms with van der Waals surface area (Å²) in [5, 5.41) is 0.950. The molecule has 0 radical (unpaired) electrons. The van der Waals surface area contributed by atoms with Crippen molar-refractivity contribution in [2.75, 3.05) is 12.0 Å². The lowest BCUT2D eigenvalue weighted by molar-refractivity contribution is 0.101. The lowest BCUT2D eigenvalue weighted by Crippen LogP contribution is -2.20. The number of carbonyl (C=O) groups is 1. The van der Waals surface area contributed by atoms with E-state index < -0.39 is 21.4 Å². The molecular formula is C19H18Cl2N4O3S. The summed E-state index contributed by atoms with van der Waals surface area (Å²) in [6.45, 7) is 3.61. The molecule has 0 aliphatic carbocycles. The van der Waals surface area contributed by atoms with Gasteiger partial charge in [-0.1, -0.05) is 23.2 Å². The number of benzene rings is 1. The van der Waals surface area contributed by atoms with Crippen molar-refractivity contribution in [2.24, 2.45) is 0 Å². The third-order valence-corrected chi connectivity index (χ3v) is 5.51. The molecule has 1 aromatic carbocycles. The Morgan fingerprint density at radius 3 is 2.52 bits per heavy atom. The average Bonchev–Trinajstić information content (AvgIpc) is 2.93. The summed E-state index contributed by atoms with van der Waals surface area (Å²) in [4.78, 5) is 25.9. The number of halogens is 2. The van der Waals surface area contributed by atoms with Gasteiger partial charge in [0.15, 0.2) is 21.4 Å². The summed E-state index contributed by atoms with van der Waals surface area (Å²) in [5.74, 6) is -0.782. The SMILES string of the molecule is Cc1cncc(-c2nc(C)c(C(=O)CS(C)(=O)=O)n2Cc2cc(Cl)ccc2Cl)n1. The number of rotatable bonds is 6. The first kappa shape index (κ1) is 21.4. The molecule has 10 heteroatoms. The van der Waals surface area contributed by atoms with Gasteiger partial charge in [0.2, 0.25) is 0 Å². The molecule has 7 nitrogen and oxygen atoms in total. The van der Waals surface area contributed by atoms with Crippen molar-refractivity contribution in [3.8, 4) is 11.5 Å². The van der Waals surface area contributed by atoms with Crippen LogP contribution in [0.2, 0.25) is 10.0 Å². The van der Waals surface area contributed by atoms with Gasteiger partial charge in [-0.3, -0.25) is 9.78 Å². The van der Waals surface area contributed by atoms with Gasteiger partial charge in [-0.05, 0) is 37.6 Å². The Kier molecular flexibility index (Phi) is 6.07. The monoisotopic (exact) mass is 452 g/mol. The second kappa shape index (κ2) is 8.22. The van der Waals surface area contributed by atoms with Crippen LogP contribution in [0.5, 0.6) is 0 Å². The fraction of sp³-hybridized carbons (Fsp3) is 0.263. The first-order valence-electron chi connectivity index (χ1n) is 8.56. The van der Waals surface area contributed by atoms with Crippen LogP contribution in [-0.4, -0.2) is 45.7 Å². The van der Waals surface area contributed by atoms with E-state index in [0.29, 0.717) is 38.5 Å². The topological polar surface area (TPSA) is 94.8 Å². The second-order valence-corrected chi connectivity index (χ2v) is 9.71. The molecule has 0 atom stereocenters. The quantitative estimate of drug-likeness (QED) is 0.530. The smallest absolute Gasteiger partial charge is 0.196 e. The second-order valence-electron chi connectivity index (χ2n) is 6.73. The minimum Gasteiger partial charge on any atom is -0.315 e. The standard InChI is InChI=1S/C19H18Cl2N4O3S/c1-11-7-22-8-16(23-11)19-24-12(2)18(17(26)10-29(3,27)28)25(19)9-13-6-14(20)4-5-15(13)21/h4-8H,9-10H2,1-3H3. The van der Waals surface area contributed by atoms with Crippen LogP contribution in [0, 0.1) is 13.8 Å². The van der Waals surface area contributed by atoms with Crippen molar-refractivity contribution in [3.05, 3.63) is 63.3 Å². The lowest BCUT2D eigenvalue weighted by atomic mass is 10.2. The van der Waals surface area contributed by atoms with Crippen LogP contribution in [0.1, 0.15) is 27.4 Å². The largest absolute Gasteiger partial charge is 0.315 e.